The first-order chi connectivity index (χ1) is 13.3. The van der Waals surface area contributed by atoms with E-state index in [2.05, 4.69) is 56.9 Å². The number of piperidine rings is 1. The molecule has 0 N–H and O–H groups in total. The molecule has 1 unspecified atom stereocenters. The summed E-state index contributed by atoms with van der Waals surface area (Å²) in [4.78, 5) is 15.1. The highest BCUT2D eigenvalue weighted by Gasteiger charge is 2.42. The molecule has 1 heterocycles. The number of carbonyl (C=O) groups excluding carboxylic acids is 1. The topological polar surface area (TPSA) is 29.5 Å². The fraction of sp³-hybridized carbons (Fsp3) is 0.480. The Labute approximate surface area is 169 Å². The van der Waals surface area contributed by atoms with Crippen LogP contribution in [0.3, 0.4) is 0 Å². The molecule has 0 aliphatic carbocycles. The Kier molecular flexibility index (Phi) is 6.24. The van der Waals surface area contributed by atoms with E-state index in [1.54, 1.807) is 12.1 Å². The highest BCUT2D eigenvalue weighted by molar-refractivity contribution is 5.89. The van der Waals surface area contributed by atoms with Gasteiger partial charge >= 0.3 is 5.97 Å². The second kappa shape index (κ2) is 8.48. The third-order valence-corrected chi connectivity index (χ3v) is 6.14. The van der Waals surface area contributed by atoms with Gasteiger partial charge in [0.05, 0.1) is 12.2 Å². The van der Waals surface area contributed by atoms with Crippen molar-refractivity contribution in [2.24, 2.45) is 0 Å². The van der Waals surface area contributed by atoms with Crippen LogP contribution in [0.1, 0.15) is 68.8 Å². The average Bonchev–Trinajstić information content (AvgIpc) is 2.67. The second-order valence-electron chi connectivity index (χ2n) is 9.16. The Bertz CT molecular complexity index is 752. The maximum Gasteiger partial charge on any atom is 0.338 e. The molecule has 28 heavy (non-hydrogen) atoms. The quantitative estimate of drug-likeness (QED) is 0.606. The molecule has 150 valence electrons. The molecule has 0 spiro atoms. The van der Waals surface area contributed by atoms with E-state index in [-0.39, 0.29) is 23.0 Å². The molecule has 1 aliphatic rings. The summed E-state index contributed by atoms with van der Waals surface area (Å²) in [6, 6.07) is 19.7. The van der Waals surface area contributed by atoms with E-state index >= 15 is 0 Å². The van der Waals surface area contributed by atoms with E-state index in [1.165, 1.54) is 24.8 Å². The lowest BCUT2D eigenvalue weighted by Gasteiger charge is -2.54. The van der Waals surface area contributed by atoms with Gasteiger partial charge in [0.15, 0.2) is 0 Å². The molecule has 0 radical (unpaired) electrons. The molecule has 3 nitrogen and oxygen atoms in total. The van der Waals surface area contributed by atoms with Crippen LogP contribution in [0.4, 0.5) is 0 Å². The molecule has 3 heteroatoms. The van der Waals surface area contributed by atoms with Gasteiger partial charge in [-0.1, -0.05) is 48.5 Å². The summed E-state index contributed by atoms with van der Waals surface area (Å²) in [6.07, 6.45) is 3.65. The molecule has 3 rings (SSSR count). The Morgan fingerprint density at radius 3 is 2.04 bits per heavy atom. The maximum absolute atomic E-state index is 12.5. The smallest absolute Gasteiger partial charge is 0.338 e. The van der Waals surface area contributed by atoms with Crippen molar-refractivity contribution in [3.8, 4) is 0 Å². The molecule has 0 bridgehead atoms. The van der Waals surface area contributed by atoms with Crippen LogP contribution in [0.2, 0.25) is 0 Å². The van der Waals surface area contributed by atoms with Gasteiger partial charge in [-0.3, -0.25) is 4.90 Å². The molecule has 0 saturated carbocycles. The lowest BCUT2D eigenvalue weighted by molar-refractivity contribution is -0.0359. The Hall–Kier alpha value is -2.13. The number of esters is 1. The maximum atomic E-state index is 12.5. The van der Waals surface area contributed by atoms with Gasteiger partial charge in [-0.15, -0.1) is 0 Å². The number of ether oxygens (including phenoxy) is 1. The van der Waals surface area contributed by atoms with Crippen molar-refractivity contribution in [3.05, 3.63) is 71.8 Å². The largest absolute Gasteiger partial charge is 0.461 e. The van der Waals surface area contributed by atoms with Gasteiger partial charge in [0.2, 0.25) is 0 Å². The Morgan fingerprint density at radius 2 is 1.46 bits per heavy atom. The lowest BCUT2D eigenvalue weighted by atomic mass is 9.78. The molecular formula is C25H33NO2. The normalized spacial score (nSPS) is 19.7. The van der Waals surface area contributed by atoms with Gasteiger partial charge < -0.3 is 4.74 Å². The van der Waals surface area contributed by atoms with Crippen molar-refractivity contribution in [2.75, 3.05) is 13.2 Å². The van der Waals surface area contributed by atoms with E-state index in [4.69, 9.17) is 4.74 Å². The summed E-state index contributed by atoms with van der Waals surface area (Å²) in [7, 11) is 0. The predicted molar refractivity (Wildman–Crippen MR) is 115 cm³/mol. The minimum Gasteiger partial charge on any atom is -0.461 e. The molecule has 1 aliphatic heterocycles. The van der Waals surface area contributed by atoms with Gasteiger partial charge in [-0.25, -0.2) is 4.79 Å². The number of nitrogens with zero attached hydrogens (tertiary/aromatic N) is 1. The number of rotatable bonds is 6. The van der Waals surface area contributed by atoms with Gasteiger partial charge in [0.25, 0.3) is 0 Å². The molecule has 0 aromatic heterocycles. The van der Waals surface area contributed by atoms with Crippen LogP contribution in [-0.4, -0.2) is 35.1 Å². The monoisotopic (exact) mass is 379 g/mol. The van der Waals surface area contributed by atoms with E-state index < -0.39 is 0 Å². The third kappa shape index (κ3) is 4.82. The van der Waals surface area contributed by atoms with Gasteiger partial charge in [0, 0.05) is 23.5 Å². The van der Waals surface area contributed by atoms with Crippen molar-refractivity contribution in [1.29, 1.82) is 0 Å². The van der Waals surface area contributed by atoms with Crippen LogP contribution in [0.25, 0.3) is 0 Å². The number of hydrogen-bond donors (Lipinski definition) is 0. The fourth-order valence-electron chi connectivity index (χ4n) is 4.57. The molecule has 1 saturated heterocycles. The summed E-state index contributed by atoms with van der Waals surface area (Å²) in [5.74, 6) is -0.107. The van der Waals surface area contributed by atoms with Gasteiger partial charge in [-0.2, -0.15) is 0 Å². The standard InChI is InChI=1S/C25H33NO2/c1-24(2)16-11-17-25(3,4)26(24)18-22(20-12-7-5-8-13-20)19-28-23(27)21-14-9-6-10-15-21/h5-10,12-15,22H,11,16-19H2,1-4H3. The summed E-state index contributed by atoms with van der Waals surface area (Å²) >= 11 is 0. The van der Waals surface area contributed by atoms with E-state index in [0.29, 0.717) is 12.2 Å². The SMILES string of the molecule is CC1(C)CCCC(C)(C)N1CC(COC(=O)c1ccccc1)c1ccccc1. The van der Waals surface area contributed by atoms with E-state index in [9.17, 15) is 4.79 Å². The molecule has 1 fully saturated rings. The first-order valence-electron chi connectivity index (χ1n) is 10.3. The van der Waals surface area contributed by atoms with E-state index in [1.807, 2.05) is 24.3 Å². The molecule has 2 aromatic rings. The summed E-state index contributed by atoms with van der Waals surface area (Å²) in [5, 5.41) is 0. The zero-order valence-electron chi connectivity index (χ0n) is 17.7. The van der Waals surface area contributed by atoms with Crippen LogP contribution in [0.5, 0.6) is 0 Å². The average molecular weight is 380 g/mol. The van der Waals surface area contributed by atoms with Crippen LogP contribution in [-0.2, 0) is 4.74 Å². The van der Waals surface area contributed by atoms with Crippen LogP contribution >= 0.6 is 0 Å². The number of hydrogen-bond acceptors (Lipinski definition) is 3. The summed E-state index contributed by atoms with van der Waals surface area (Å²) in [6.45, 7) is 10.6. The molecule has 1 atom stereocenters. The van der Waals surface area contributed by atoms with Crippen molar-refractivity contribution in [2.45, 2.75) is 64.0 Å². The first kappa shape index (κ1) is 20.6. The lowest BCUT2D eigenvalue weighted by Crippen LogP contribution is -2.59. The van der Waals surface area contributed by atoms with Crippen molar-refractivity contribution in [3.63, 3.8) is 0 Å². The van der Waals surface area contributed by atoms with Gasteiger partial charge in [-0.05, 0) is 64.7 Å². The first-order valence-corrected chi connectivity index (χ1v) is 10.3. The highest BCUT2D eigenvalue weighted by atomic mass is 16.5. The minimum atomic E-state index is -0.251. The van der Waals surface area contributed by atoms with Crippen molar-refractivity contribution in [1.82, 2.24) is 4.90 Å². The van der Waals surface area contributed by atoms with Crippen LogP contribution in [0, 0.1) is 0 Å². The number of carbonyl (C=O) groups is 1. The van der Waals surface area contributed by atoms with Gasteiger partial charge in [0.1, 0.15) is 0 Å². The summed E-state index contributed by atoms with van der Waals surface area (Å²) in [5.41, 5.74) is 2.10. The van der Waals surface area contributed by atoms with Crippen LogP contribution < -0.4 is 0 Å². The number of likely N-dealkylation sites (tertiary alicyclic amines) is 1. The molecule has 2 aromatic carbocycles. The Balaban J connectivity index is 1.79. The van der Waals surface area contributed by atoms with Crippen molar-refractivity contribution >= 4 is 5.97 Å². The van der Waals surface area contributed by atoms with Crippen molar-refractivity contribution < 1.29 is 9.53 Å². The third-order valence-electron chi connectivity index (χ3n) is 6.14. The minimum absolute atomic E-state index is 0.137. The fourth-order valence-corrected chi connectivity index (χ4v) is 4.57. The van der Waals surface area contributed by atoms with Crippen LogP contribution in [0.15, 0.2) is 60.7 Å². The zero-order chi connectivity index (χ0) is 20.2. The second-order valence-corrected chi connectivity index (χ2v) is 9.16. The predicted octanol–water partition coefficient (Wildman–Crippen LogP) is 5.67. The number of benzene rings is 2. The highest BCUT2D eigenvalue weighted by Crippen LogP contribution is 2.39. The Morgan fingerprint density at radius 1 is 0.929 bits per heavy atom. The summed E-state index contributed by atoms with van der Waals surface area (Å²) < 4.78 is 5.76. The molecule has 0 amide bonds. The van der Waals surface area contributed by atoms with E-state index in [0.717, 1.165) is 6.54 Å². The molecular weight excluding hydrogens is 346 g/mol. The zero-order valence-corrected chi connectivity index (χ0v) is 17.7.